The van der Waals surface area contributed by atoms with Crippen molar-refractivity contribution >= 4 is 11.6 Å². The Labute approximate surface area is 137 Å². The first-order chi connectivity index (χ1) is 10.9. The van der Waals surface area contributed by atoms with E-state index in [4.69, 9.17) is 16.1 Å². The molecule has 0 saturated heterocycles. The van der Waals surface area contributed by atoms with Crippen molar-refractivity contribution < 1.29 is 9.63 Å². The fourth-order valence-electron chi connectivity index (χ4n) is 2.59. The number of aromatic hydroxyl groups is 1. The number of phenolic OH excluding ortho intramolecular Hbond substituents is 1. The molecule has 0 aliphatic carbocycles. The standard InChI is InChI=1S/C16H13ClN4O2/c1-8-14(9(2)23-20-8)15-12(7-18)21(3)19-16(15)10-4-5-13(22)11(17)6-10/h4-6,22H,1-3H3. The monoisotopic (exact) mass is 328 g/mol. The first-order valence-corrected chi connectivity index (χ1v) is 7.21. The number of benzene rings is 1. The van der Waals surface area contributed by atoms with E-state index < -0.39 is 0 Å². The highest BCUT2D eigenvalue weighted by Gasteiger charge is 2.25. The number of aromatic nitrogens is 3. The smallest absolute Gasteiger partial charge is 0.146 e. The molecule has 0 bridgehead atoms. The van der Waals surface area contributed by atoms with Crippen LogP contribution in [0.4, 0.5) is 0 Å². The van der Waals surface area contributed by atoms with Crippen molar-refractivity contribution in [1.29, 1.82) is 5.26 Å². The molecule has 0 aliphatic rings. The van der Waals surface area contributed by atoms with Crippen molar-refractivity contribution in [2.24, 2.45) is 7.05 Å². The summed E-state index contributed by atoms with van der Waals surface area (Å²) in [7, 11) is 1.70. The number of rotatable bonds is 2. The normalized spacial score (nSPS) is 10.7. The molecule has 0 radical (unpaired) electrons. The van der Waals surface area contributed by atoms with Crippen molar-refractivity contribution in [3.63, 3.8) is 0 Å². The molecule has 116 valence electrons. The molecule has 7 heteroatoms. The Kier molecular flexibility index (Phi) is 3.58. The summed E-state index contributed by atoms with van der Waals surface area (Å²) >= 11 is 6.00. The second-order valence-corrected chi connectivity index (χ2v) is 5.58. The van der Waals surface area contributed by atoms with Crippen molar-refractivity contribution in [1.82, 2.24) is 14.9 Å². The second kappa shape index (κ2) is 5.45. The summed E-state index contributed by atoms with van der Waals surface area (Å²) < 4.78 is 6.74. The first kappa shape index (κ1) is 15.1. The Morgan fingerprint density at radius 2 is 2.04 bits per heavy atom. The molecule has 1 N–H and O–H groups in total. The van der Waals surface area contributed by atoms with Gasteiger partial charge in [0.15, 0.2) is 0 Å². The van der Waals surface area contributed by atoms with Gasteiger partial charge in [0, 0.05) is 12.6 Å². The summed E-state index contributed by atoms with van der Waals surface area (Å²) in [6, 6.07) is 6.98. The van der Waals surface area contributed by atoms with E-state index >= 15 is 0 Å². The maximum atomic E-state index is 9.60. The molecule has 2 heterocycles. The number of halogens is 1. The average Bonchev–Trinajstić information content (AvgIpc) is 3.01. The van der Waals surface area contributed by atoms with Crippen LogP contribution < -0.4 is 0 Å². The van der Waals surface area contributed by atoms with E-state index in [1.807, 2.05) is 6.92 Å². The van der Waals surface area contributed by atoms with E-state index in [1.165, 1.54) is 10.7 Å². The van der Waals surface area contributed by atoms with Crippen LogP contribution in [0.15, 0.2) is 22.7 Å². The Balaban J connectivity index is 2.35. The van der Waals surface area contributed by atoms with E-state index in [0.717, 1.165) is 5.56 Å². The van der Waals surface area contributed by atoms with Gasteiger partial charge in [0.25, 0.3) is 0 Å². The van der Waals surface area contributed by atoms with Gasteiger partial charge in [-0.15, -0.1) is 0 Å². The number of nitrogens with zero attached hydrogens (tertiary/aromatic N) is 4. The van der Waals surface area contributed by atoms with Gasteiger partial charge >= 0.3 is 0 Å². The minimum Gasteiger partial charge on any atom is -0.506 e. The van der Waals surface area contributed by atoms with Crippen LogP contribution in [-0.4, -0.2) is 20.0 Å². The zero-order valence-corrected chi connectivity index (χ0v) is 13.5. The van der Waals surface area contributed by atoms with Crippen LogP contribution in [0.1, 0.15) is 17.1 Å². The summed E-state index contributed by atoms with van der Waals surface area (Å²) in [5, 5.41) is 27.7. The maximum Gasteiger partial charge on any atom is 0.146 e. The van der Waals surface area contributed by atoms with Crippen molar-refractivity contribution in [2.75, 3.05) is 0 Å². The third-order valence-corrected chi connectivity index (χ3v) is 3.96. The lowest BCUT2D eigenvalue weighted by Gasteiger charge is -2.04. The molecule has 2 aromatic heterocycles. The number of hydrogen-bond acceptors (Lipinski definition) is 5. The largest absolute Gasteiger partial charge is 0.506 e. The summed E-state index contributed by atoms with van der Waals surface area (Å²) in [4.78, 5) is 0. The van der Waals surface area contributed by atoms with E-state index in [0.29, 0.717) is 34.0 Å². The maximum absolute atomic E-state index is 9.60. The van der Waals surface area contributed by atoms with Crippen LogP contribution >= 0.6 is 11.6 Å². The predicted octanol–water partition coefficient (Wildman–Crippen LogP) is 3.59. The fraction of sp³-hybridized carbons (Fsp3) is 0.188. The van der Waals surface area contributed by atoms with Crippen molar-refractivity contribution in [3.8, 4) is 34.2 Å². The van der Waals surface area contributed by atoms with Crippen molar-refractivity contribution in [2.45, 2.75) is 13.8 Å². The molecule has 0 unspecified atom stereocenters. The van der Waals surface area contributed by atoms with Gasteiger partial charge in [0.05, 0.1) is 21.8 Å². The summed E-state index contributed by atoms with van der Waals surface area (Å²) in [5.74, 6) is 0.601. The van der Waals surface area contributed by atoms with Gasteiger partial charge in [-0.05, 0) is 32.0 Å². The van der Waals surface area contributed by atoms with Crippen LogP contribution in [-0.2, 0) is 7.05 Å². The van der Waals surface area contributed by atoms with Gasteiger partial charge in [0.1, 0.15) is 29.0 Å². The molecule has 6 nitrogen and oxygen atoms in total. The third kappa shape index (κ3) is 2.35. The summed E-state index contributed by atoms with van der Waals surface area (Å²) in [5.41, 5.74) is 3.75. The molecule has 0 fully saturated rings. The quantitative estimate of drug-likeness (QED) is 0.776. The van der Waals surface area contributed by atoms with Crippen LogP contribution in [0.2, 0.25) is 5.02 Å². The van der Waals surface area contributed by atoms with Gasteiger partial charge < -0.3 is 9.63 Å². The third-order valence-electron chi connectivity index (χ3n) is 3.66. The Morgan fingerprint density at radius 1 is 1.30 bits per heavy atom. The molecular weight excluding hydrogens is 316 g/mol. The van der Waals surface area contributed by atoms with E-state index in [2.05, 4.69) is 16.3 Å². The zero-order chi connectivity index (χ0) is 16.7. The molecule has 0 aliphatic heterocycles. The average molecular weight is 329 g/mol. The van der Waals surface area contributed by atoms with Gasteiger partial charge in [0.2, 0.25) is 0 Å². The highest BCUT2D eigenvalue weighted by atomic mass is 35.5. The second-order valence-electron chi connectivity index (χ2n) is 5.17. The minimum atomic E-state index is -0.00857. The Hall–Kier alpha value is -2.78. The molecule has 0 saturated carbocycles. The van der Waals surface area contributed by atoms with Crippen LogP contribution in [0.3, 0.4) is 0 Å². The van der Waals surface area contributed by atoms with Crippen LogP contribution in [0.5, 0.6) is 5.75 Å². The van der Waals surface area contributed by atoms with Gasteiger partial charge in [-0.2, -0.15) is 10.4 Å². The van der Waals surface area contributed by atoms with E-state index in [-0.39, 0.29) is 10.8 Å². The number of nitriles is 1. The van der Waals surface area contributed by atoms with E-state index in [9.17, 15) is 10.4 Å². The number of phenols is 1. The molecule has 3 aromatic rings. The lowest BCUT2D eigenvalue weighted by Crippen LogP contribution is -1.94. The van der Waals surface area contributed by atoms with Gasteiger partial charge in [-0.1, -0.05) is 16.8 Å². The molecule has 0 atom stereocenters. The number of aryl methyl sites for hydroxylation is 3. The highest BCUT2D eigenvalue weighted by molar-refractivity contribution is 6.32. The first-order valence-electron chi connectivity index (χ1n) is 6.83. The molecular formula is C16H13ClN4O2. The lowest BCUT2D eigenvalue weighted by molar-refractivity contribution is 0.393. The molecule has 0 spiro atoms. The van der Waals surface area contributed by atoms with Crippen molar-refractivity contribution in [3.05, 3.63) is 40.4 Å². The fourth-order valence-corrected chi connectivity index (χ4v) is 2.77. The van der Waals surface area contributed by atoms with Crippen LogP contribution in [0, 0.1) is 25.2 Å². The SMILES string of the molecule is Cc1noc(C)c1-c1c(-c2ccc(O)c(Cl)c2)nn(C)c1C#N. The van der Waals surface area contributed by atoms with Gasteiger partial charge in [-0.3, -0.25) is 4.68 Å². The topological polar surface area (TPSA) is 87.9 Å². The molecule has 0 amide bonds. The summed E-state index contributed by atoms with van der Waals surface area (Å²) in [6.45, 7) is 3.60. The molecule has 1 aromatic carbocycles. The van der Waals surface area contributed by atoms with Gasteiger partial charge in [-0.25, -0.2) is 0 Å². The highest BCUT2D eigenvalue weighted by Crippen LogP contribution is 2.39. The minimum absolute atomic E-state index is 0.00857. The Bertz CT molecular complexity index is 930. The molecule has 23 heavy (non-hydrogen) atoms. The van der Waals surface area contributed by atoms with Crippen LogP contribution in [0.25, 0.3) is 22.4 Å². The predicted molar refractivity (Wildman–Crippen MR) is 85.0 cm³/mol. The summed E-state index contributed by atoms with van der Waals surface area (Å²) in [6.07, 6.45) is 0. The number of hydrogen-bond donors (Lipinski definition) is 1. The van der Waals surface area contributed by atoms with E-state index in [1.54, 1.807) is 26.1 Å². The zero-order valence-electron chi connectivity index (χ0n) is 12.8. The Morgan fingerprint density at radius 3 is 2.61 bits per heavy atom. The lowest BCUT2D eigenvalue weighted by atomic mass is 9.98. The molecule has 3 rings (SSSR count).